The van der Waals surface area contributed by atoms with Crippen molar-refractivity contribution < 1.29 is 14.3 Å². The molecule has 2 aromatic carbocycles. The highest BCUT2D eigenvalue weighted by Gasteiger charge is 2.58. The summed E-state index contributed by atoms with van der Waals surface area (Å²) in [6, 6.07) is 14.9. The Hall–Kier alpha value is -2.79. The minimum absolute atomic E-state index is 0.108. The first kappa shape index (κ1) is 18.0. The number of H-pyrrole nitrogens is 1. The number of anilines is 1. The molecule has 6 rings (SSSR count). The Labute approximate surface area is 175 Å². The molecule has 2 atom stereocenters. The molecule has 5 heteroatoms. The zero-order valence-electron chi connectivity index (χ0n) is 17.1. The van der Waals surface area contributed by atoms with E-state index in [4.69, 9.17) is 9.47 Å². The topological polar surface area (TPSA) is 63.3 Å². The number of amides is 1. The summed E-state index contributed by atoms with van der Waals surface area (Å²) in [5.74, 6) is 2.49. The van der Waals surface area contributed by atoms with Gasteiger partial charge in [0.1, 0.15) is 5.75 Å². The molecule has 1 aromatic heterocycles. The summed E-state index contributed by atoms with van der Waals surface area (Å²) in [6.45, 7) is 3.56. The largest absolute Gasteiger partial charge is 0.490 e. The second kappa shape index (κ2) is 6.88. The van der Waals surface area contributed by atoms with Gasteiger partial charge >= 0.3 is 0 Å². The lowest BCUT2D eigenvalue weighted by Gasteiger charge is -2.35. The molecule has 5 nitrogen and oxygen atoms in total. The summed E-state index contributed by atoms with van der Waals surface area (Å²) in [4.78, 5) is 15.9. The quantitative estimate of drug-likeness (QED) is 0.654. The third-order valence-corrected chi connectivity index (χ3v) is 7.11. The first-order valence-electron chi connectivity index (χ1n) is 10.9. The molecule has 1 amide bonds. The van der Waals surface area contributed by atoms with Crippen molar-refractivity contribution in [1.29, 1.82) is 0 Å². The summed E-state index contributed by atoms with van der Waals surface area (Å²) in [7, 11) is 0. The molecule has 154 valence electrons. The van der Waals surface area contributed by atoms with Gasteiger partial charge in [0, 0.05) is 23.0 Å². The number of aromatic nitrogens is 1. The molecule has 2 saturated carbocycles. The van der Waals surface area contributed by atoms with E-state index in [1.807, 2.05) is 24.4 Å². The maximum Gasteiger partial charge on any atom is 0.228 e. The summed E-state index contributed by atoms with van der Waals surface area (Å²) in [5, 5.41) is 4.11. The number of benzene rings is 2. The maximum atomic E-state index is 12.6. The van der Waals surface area contributed by atoms with Gasteiger partial charge in [-0.25, -0.2) is 0 Å². The number of carbonyl (C=O) groups is 1. The van der Waals surface area contributed by atoms with Crippen molar-refractivity contribution in [3.05, 3.63) is 59.8 Å². The molecule has 1 aliphatic heterocycles. The second-order valence-corrected chi connectivity index (χ2v) is 9.11. The lowest BCUT2D eigenvalue weighted by Crippen LogP contribution is -2.32. The van der Waals surface area contributed by atoms with E-state index >= 15 is 0 Å². The van der Waals surface area contributed by atoms with Crippen LogP contribution in [0.15, 0.2) is 48.7 Å². The van der Waals surface area contributed by atoms with Crippen LogP contribution in [-0.2, 0) is 9.53 Å². The molecular formula is C25H26N2O3. The van der Waals surface area contributed by atoms with E-state index in [2.05, 4.69) is 41.5 Å². The van der Waals surface area contributed by atoms with Gasteiger partial charge in [-0.1, -0.05) is 29.8 Å². The third-order valence-electron chi connectivity index (χ3n) is 7.11. The Morgan fingerprint density at radius 1 is 1.10 bits per heavy atom. The molecular weight excluding hydrogens is 376 g/mol. The van der Waals surface area contributed by atoms with Gasteiger partial charge in [0.2, 0.25) is 5.91 Å². The van der Waals surface area contributed by atoms with Crippen molar-refractivity contribution in [2.75, 3.05) is 18.5 Å². The first-order chi connectivity index (χ1) is 14.7. The molecule has 3 aromatic rings. The van der Waals surface area contributed by atoms with Gasteiger partial charge in [-0.2, -0.15) is 0 Å². The van der Waals surface area contributed by atoms with Crippen molar-refractivity contribution in [1.82, 2.24) is 4.98 Å². The molecule has 1 saturated heterocycles. The number of rotatable bonds is 5. The maximum absolute atomic E-state index is 12.6. The van der Waals surface area contributed by atoms with Crippen LogP contribution in [0, 0.1) is 24.7 Å². The van der Waals surface area contributed by atoms with E-state index < -0.39 is 0 Å². The minimum Gasteiger partial charge on any atom is -0.490 e. The molecule has 3 aliphatic rings. The first-order valence-corrected chi connectivity index (χ1v) is 10.9. The number of aromatic amines is 1. The summed E-state index contributed by atoms with van der Waals surface area (Å²) in [5.41, 5.74) is 4.54. The minimum atomic E-state index is 0.108. The van der Waals surface area contributed by atoms with E-state index in [1.165, 1.54) is 11.1 Å². The standard InChI is InChI=1S/C25H26N2O3/c1-14-2-4-15(5-3-14)16-8-18(9-16)30-17-6-7-22-19(10-17)23(11-26-22)27-25(28)24-20-12-29-13-21(20)24/h2-7,10-11,16,18,20-21,24,26H,8-9,12-13H2,1H3,(H,27,28)/t16-,18-,20?,21?,24?. The zero-order valence-corrected chi connectivity index (χ0v) is 17.1. The van der Waals surface area contributed by atoms with E-state index in [9.17, 15) is 4.79 Å². The number of fused-ring (bicyclic) bond motifs is 2. The van der Waals surface area contributed by atoms with Crippen molar-refractivity contribution >= 4 is 22.5 Å². The highest BCUT2D eigenvalue weighted by molar-refractivity contribution is 6.03. The Kier molecular flexibility index (Phi) is 4.13. The van der Waals surface area contributed by atoms with Crippen LogP contribution in [0.25, 0.3) is 10.9 Å². The number of nitrogens with one attached hydrogen (secondary N) is 2. The van der Waals surface area contributed by atoms with Gasteiger partial charge in [-0.3, -0.25) is 4.79 Å². The van der Waals surface area contributed by atoms with Crippen molar-refractivity contribution in [3.63, 3.8) is 0 Å². The van der Waals surface area contributed by atoms with Crippen LogP contribution in [0.4, 0.5) is 5.69 Å². The predicted molar refractivity (Wildman–Crippen MR) is 116 cm³/mol. The fraction of sp³-hybridized carbons (Fsp3) is 0.400. The predicted octanol–water partition coefficient (Wildman–Crippen LogP) is 4.63. The van der Waals surface area contributed by atoms with Crippen LogP contribution < -0.4 is 10.1 Å². The van der Waals surface area contributed by atoms with Gasteiger partial charge in [-0.05, 0) is 61.3 Å². The molecule has 0 bridgehead atoms. The van der Waals surface area contributed by atoms with Gasteiger partial charge in [0.25, 0.3) is 0 Å². The van der Waals surface area contributed by atoms with Crippen LogP contribution in [0.1, 0.15) is 29.9 Å². The Bertz CT molecular complexity index is 1090. The average Bonchev–Trinajstić information content (AvgIpc) is 3.03. The number of aryl methyl sites for hydroxylation is 1. The van der Waals surface area contributed by atoms with Crippen LogP contribution >= 0.6 is 0 Å². The van der Waals surface area contributed by atoms with Crippen molar-refractivity contribution in [2.45, 2.75) is 31.8 Å². The molecule has 2 heterocycles. The van der Waals surface area contributed by atoms with Crippen molar-refractivity contribution in [2.24, 2.45) is 17.8 Å². The van der Waals surface area contributed by atoms with Gasteiger partial charge in [-0.15, -0.1) is 0 Å². The second-order valence-electron chi connectivity index (χ2n) is 9.11. The fourth-order valence-electron chi connectivity index (χ4n) is 5.09. The highest BCUT2D eigenvalue weighted by atomic mass is 16.5. The summed E-state index contributed by atoms with van der Waals surface area (Å²) >= 11 is 0. The lowest BCUT2D eigenvalue weighted by molar-refractivity contribution is -0.118. The van der Waals surface area contributed by atoms with Crippen LogP contribution in [0.2, 0.25) is 0 Å². The normalized spacial score (nSPS) is 29.3. The van der Waals surface area contributed by atoms with Gasteiger partial charge in [0.05, 0.1) is 25.0 Å². The SMILES string of the molecule is Cc1ccc([C@H]2C[C@H](Oc3ccc4[nH]cc(NC(=O)C5C6COCC65)c4c3)C2)cc1. The zero-order chi connectivity index (χ0) is 20.2. The molecule has 0 spiro atoms. The monoisotopic (exact) mass is 402 g/mol. The number of hydrogen-bond acceptors (Lipinski definition) is 3. The Balaban J connectivity index is 1.11. The fourth-order valence-corrected chi connectivity index (χ4v) is 5.09. The molecule has 2 N–H and O–H groups in total. The summed E-state index contributed by atoms with van der Waals surface area (Å²) in [6.07, 6.45) is 4.21. The van der Waals surface area contributed by atoms with E-state index in [0.29, 0.717) is 17.8 Å². The lowest BCUT2D eigenvalue weighted by atomic mass is 9.77. The Morgan fingerprint density at radius 3 is 2.63 bits per heavy atom. The number of hydrogen-bond donors (Lipinski definition) is 2. The van der Waals surface area contributed by atoms with Crippen LogP contribution in [0.5, 0.6) is 5.75 Å². The molecule has 0 radical (unpaired) electrons. The average molecular weight is 402 g/mol. The molecule has 2 unspecified atom stereocenters. The van der Waals surface area contributed by atoms with Crippen LogP contribution in [0.3, 0.4) is 0 Å². The van der Waals surface area contributed by atoms with Gasteiger partial charge in [0.15, 0.2) is 0 Å². The Morgan fingerprint density at radius 2 is 1.87 bits per heavy atom. The van der Waals surface area contributed by atoms with Gasteiger partial charge < -0.3 is 19.8 Å². The van der Waals surface area contributed by atoms with Crippen LogP contribution in [-0.4, -0.2) is 30.2 Å². The highest BCUT2D eigenvalue weighted by Crippen LogP contribution is 2.51. The molecule has 3 fully saturated rings. The number of carbonyl (C=O) groups excluding carboxylic acids is 1. The molecule has 30 heavy (non-hydrogen) atoms. The van der Waals surface area contributed by atoms with E-state index in [1.54, 1.807) is 0 Å². The smallest absolute Gasteiger partial charge is 0.228 e. The van der Waals surface area contributed by atoms with E-state index in [0.717, 1.165) is 48.4 Å². The number of ether oxygens (including phenoxy) is 2. The third kappa shape index (κ3) is 3.08. The van der Waals surface area contributed by atoms with Crippen molar-refractivity contribution in [3.8, 4) is 5.75 Å². The summed E-state index contributed by atoms with van der Waals surface area (Å²) < 4.78 is 11.6. The van der Waals surface area contributed by atoms with E-state index in [-0.39, 0.29) is 17.9 Å². The molecule has 2 aliphatic carbocycles.